The summed E-state index contributed by atoms with van der Waals surface area (Å²) in [6.45, 7) is 0. The first-order valence-corrected chi connectivity index (χ1v) is 14.0. The summed E-state index contributed by atoms with van der Waals surface area (Å²) in [5, 5.41) is 8.42. The number of nitrogens with zero attached hydrogens (tertiary/aromatic N) is 2. The van der Waals surface area contributed by atoms with Crippen LogP contribution in [0.2, 0.25) is 0 Å². The molecule has 0 amide bonds. The lowest BCUT2D eigenvalue weighted by molar-refractivity contribution is 1.10. The molecule has 0 aliphatic carbocycles. The largest absolute Gasteiger partial charge is 0.232 e. The van der Waals surface area contributed by atoms with Crippen LogP contribution in [0.1, 0.15) is 11.1 Å². The van der Waals surface area contributed by atoms with E-state index in [2.05, 4.69) is 94.5 Å². The number of rotatable bonds is 4. The summed E-state index contributed by atoms with van der Waals surface area (Å²) in [7, 11) is 0. The minimum absolute atomic E-state index is 0.940. The molecule has 0 saturated heterocycles. The van der Waals surface area contributed by atoms with Gasteiger partial charge in [-0.1, -0.05) is 119 Å². The lowest BCUT2D eigenvalue weighted by Gasteiger charge is -2.33. The maximum absolute atomic E-state index is 6.50. The second-order valence-corrected chi connectivity index (χ2v) is 12.6. The smallest absolute Gasteiger partial charge is 0.109 e. The van der Waals surface area contributed by atoms with E-state index in [1.54, 1.807) is 0 Å². The first-order chi connectivity index (χ1) is 15.6. The molecule has 1 aliphatic rings. The molecule has 2 nitrogen and oxygen atoms in total. The van der Waals surface area contributed by atoms with Gasteiger partial charge in [-0.3, -0.25) is 0 Å². The first kappa shape index (κ1) is 21.1. The molecule has 5 rings (SSSR count). The Labute approximate surface area is 202 Å². The molecule has 0 radical (unpaired) electrons. The Balaban J connectivity index is 1.78. The van der Waals surface area contributed by atoms with Crippen molar-refractivity contribution in [3.8, 4) is 0 Å². The van der Waals surface area contributed by atoms with Gasteiger partial charge >= 0.3 is 0 Å². The number of hydrazone groups is 1. The third-order valence-electron chi connectivity index (χ3n) is 5.35. The van der Waals surface area contributed by atoms with Crippen LogP contribution in [0.15, 0.2) is 131 Å². The van der Waals surface area contributed by atoms with Gasteiger partial charge in [0.25, 0.3) is 0 Å². The van der Waals surface area contributed by atoms with Crippen molar-refractivity contribution in [2.75, 3.05) is 5.01 Å². The molecule has 0 N–H and O–H groups in total. The van der Waals surface area contributed by atoms with Crippen LogP contribution in [0.4, 0.5) is 5.69 Å². The molecule has 4 aromatic carbocycles. The summed E-state index contributed by atoms with van der Waals surface area (Å²) in [4.78, 5) is 0. The molecule has 5 heteroatoms. The van der Waals surface area contributed by atoms with E-state index in [1.807, 2.05) is 47.5 Å². The number of hydrogen-bond donors (Lipinski definition) is 0. The van der Waals surface area contributed by atoms with Crippen molar-refractivity contribution in [3.05, 3.63) is 137 Å². The third kappa shape index (κ3) is 4.02. The van der Waals surface area contributed by atoms with Gasteiger partial charge in [0.1, 0.15) is 5.45 Å². The minimum Gasteiger partial charge on any atom is -0.232 e. The Hall–Kier alpha value is -2.78. The van der Waals surface area contributed by atoms with Crippen LogP contribution in [0.3, 0.4) is 0 Å². The average molecular weight is 515 g/mol. The van der Waals surface area contributed by atoms with Crippen molar-refractivity contribution in [1.82, 2.24) is 0 Å². The van der Waals surface area contributed by atoms with Crippen LogP contribution < -0.4 is 10.3 Å². The standard InChI is InChI=1S/C27H20BrN2PS/c28-23-18-16-22(17-19-23)27-29-30(24-12-6-2-7-13-24)26(21-10-4-1-5-11-21)20-31(27,32)25-14-8-3-9-15-25/h1-20H. The first-order valence-electron chi connectivity index (χ1n) is 10.3. The van der Waals surface area contributed by atoms with E-state index in [4.69, 9.17) is 16.9 Å². The van der Waals surface area contributed by atoms with Gasteiger partial charge in [-0.05, 0) is 35.4 Å². The van der Waals surface area contributed by atoms with Crippen LogP contribution in [0.5, 0.6) is 0 Å². The van der Waals surface area contributed by atoms with Crippen LogP contribution in [-0.2, 0) is 11.8 Å². The highest BCUT2D eigenvalue weighted by molar-refractivity contribution is 9.10. The molecule has 4 aromatic rings. The number of hydrogen-bond acceptors (Lipinski definition) is 3. The van der Waals surface area contributed by atoms with E-state index in [-0.39, 0.29) is 0 Å². The highest BCUT2D eigenvalue weighted by Crippen LogP contribution is 2.55. The predicted molar refractivity (Wildman–Crippen MR) is 144 cm³/mol. The fourth-order valence-corrected chi connectivity index (χ4v) is 7.61. The van der Waals surface area contributed by atoms with Crippen LogP contribution in [0.25, 0.3) is 5.70 Å². The Bertz CT molecular complexity index is 1340. The third-order valence-corrected chi connectivity index (χ3v) is 10.0. The van der Waals surface area contributed by atoms with Crippen molar-refractivity contribution in [3.63, 3.8) is 0 Å². The molecule has 1 heterocycles. The number of para-hydroxylation sites is 1. The zero-order chi connectivity index (χ0) is 22.0. The SMILES string of the molecule is S=P1(c2ccccc2)C=C(c2ccccc2)N(c2ccccc2)N=C1c1ccc(Br)cc1. The molecule has 156 valence electrons. The van der Waals surface area contributed by atoms with Crippen molar-refractivity contribution in [1.29, 1.82) is 0 Å². The maximum Gasteiger partial charge on any atom is 0.109 e. The summed E-state index contributed by atoms with van der Waals surface area (Å²) in [5.74, 6) is 2.28. The van der Waals surface area contributed by atoms with Gasteiger partial charge in [-0.2, -0.15) is 5.10 Å². The monoisotopic (exact) mass is 514 g/mol. The number of halogens is 1. The van der Waals surface area contributed by atoms with Crippen molar-refractivity contribution in [2.45, 2.75) is 0 Å². The number of anilines is 1. The Morgan fingerprint density at radius 2 is 1.22 bits per heavy atom. The minimum atomic E-state index is -2.33. The molecular formula is C27H20BrN2PS. The molecule has 0 spiro atoms. The quantitative estimate of drug-likeness (QED) is 0.263. The molecule has 1 unspecified atom stereocenters. The lowest BCUT2D eigenvalue weighted by Crippen LogP contribution is -2.25. The van der Waals surface area contributed by atoms with Gasteiger partial charge < -0.3 is 0 Å². The van der Waals surface area contributed by atoms with Gasteiger partial charge in [-0.25, -0.2) is 5.01 Å². The molecule has 0 saturated carbocycles. The van der Waals surface area contributed by atoms with E-state index in [9.17, 15) is 0 Å². The van der Waals surface area contributed by atoms with Gasteiger partial charge in [0.2, 0.25) is 0 Å². The van der Waals surface area contributed by atoms with Gasteiger partial charge in [0, 0.05) is 15.6 Å². The zero-order valence-electron chi connectivity index (χ0n) is 17.2. The van der Waals surface area contributed by atoms with E-state index >= 15 is 0 Å². The van der Waals surface area contributed by atoms with Crippen LogP contribution in [0, 0.1) is 0 Å². The Morgan fingerprint density at radius 3 is 1.84 bits per heavy atom. The lowest BCUT2D eigenvalue weighted by atomic mass is 10.1. The molecule has 0 aromatic heterocycles. The second kappa shape index (κ2) is 8.99. The van der Waals surface area contributed by atoms with E-state index in [0.717, 1.165) is 37.7 Å². The fraction of sp³-hybridized carbons (Fsp3) is 0. The molecule has 32 heavy (non-hydrogen) atoms. The maximum atomic E-state index is 6.50. The number of benzene rings is 4. The Morgan fingerprint density at radius 1 is 0.656 bits per heavy atom. The molecule has 0 fully saturated rings. The summed E-state index contributed by atoms with van der Waals surface area (Å²) in [6, 6.07) is 37.0. The highest BCUT2D eigenvalue weighted by Gasteiger charge is 2.33. The Kier molecular flexibility index (Phi) is 5.93. The molecule has 0 bridgehead atoms. The van der Waals surface area contributed by atoms with Crippen molar-refractivity contribution in [2.24, 2.45) is 5.10 Å². The molecule has 1 atom stereocenters. The normalized spacial score (nSPS) is 18.1. The topological polar surface area (TPSA) is 15.6 Å². The summed E-state index contributed by atoms with van der Waals surface area (Å²) >= 11 is 10.1. The van der Waals surface area contributed by atoms with E-state index in [1.165, 1.54) is 0 Å². The second-order valence-electron chi connectivity index (χ2n) is 7.45. The van der Waals surface area contributed by atoms with Crippen molar-refractivity contribution >= 4 is 55.9 Å². The predicted octanol–water partition coefficient (Wildman–Crippen LogP) is 7.43. The molecule has 1 aliphatic heterocycles. The van der Waals surface area contributed by atoms with Crippen LogP contribution >= 0.6 is 22.0 Å². The summed E-state index contributed by atoms with van der Waals surface area (Å²) in [5.41, 5.74) is 5.11. The van der Waals surface area contributed by atoms with Gasteiger partial charge in [0.05, 0.1) is 17.4 Å². The fourth-order valence-electron chi connectivity index (χ4n) is 3.77. The van der Waals surface area contributed by atoms with Crippen LogP contribution in [-0.4, -0.2) is 5.45 Å². The van der Waals surface area contributed by atoms with Crippen molar-refractivity contribution < 1.29 is 0 Å². The summed E-state index contributed by atoms with van der Waals surface area (Å²) in [6.07, 6.45) is 0. The van der Waals surface area contributed by atoms with E-state index < -0.39 is 6.04 Å². The van der Waals surface area contributed by atoms with E-state index in [0.29, 0.717) is 0 Å². The zero-order valence-corrected chi connectivity index (χ0v) is 20.5. The summed E-state index contributed by atoms with van der Waals surface area (Å²) < 4.78 is 1.03. The van der Waals surface area contributed by atoms with Gasteiger partial charge in [0.15, 0.2) is 0 Å². The highest BCUT2D eigenvalue weighted by atomic mass is 79.9. The average Bonchev–Trinajstić information content (AvgIpc) is 2.86. The molecular weight excluding hydrogens is 495 g/mol. The van der Waals surface area contributed by atoms with Gasteiger partial charge in [-0.15, -0.1) is 0 Å².